The standard InChI is InChI=1S/C12H19NO2S/c1-7(2)5-9-6-16-11(13-9)10(8(3)4)12(14)15/h6-8,10H,5H2,1-4H3,(H,14,15). The molecule has 0 aromatic carbocycles. The largest absolute Gasteiger partial charge is 0.481 e. The topological polar surface area (TPSA) is 50.2 Å². The molecule has 1 rings (SSSR count). The van der Waals surface area contributed by atoms with Crippen LogP contribution in [0, 0.1) is 11.8 Å². The molecule has 0 spiro atoms. The van der Waals surface area contributed by atoms with E-state index in [0.29, 0.717) is 5.92 Å². The number of hydrogen-bond acceptors (Lipinski definition) is 3. The van der Waals surface area contributed by atoms with Crippen molar-refractivity contribution in [3.05, 3.63) is 16.1 Å². The maximum Gasteiger partial charge on any atom is 0.313 e. The van der Waals surface area contributed by atoms with Gasteiger partial charge in [-0.2, -0.15) is 0 Å². The van der Waals surface area contributed by atoms with Crippen molar-refractivity contribution in [3.8, 4) is 0 Å². The molecule has 16 heavy (non-hydrogen) atoms. The van der Waals surface area contributed by atoms with Crippen LogP contribution >= 0.6 is 11.3 Å². The van der Waals surface area contributed by atoms with E-state index in [1.165, 1.54) is 11.3 Å². The average molecular weight is 241 g/mol. The molecule has 1 unspecified atom stereocenters. The van der Waals surface area contributed by atoms with Crippen LogP contribution in [0.25, 0.3) is 0 Å². The zero-order chi connectivity index (χ0) is 12.3. The van der Waals surface area contributed by atoms with Gasteiger partial charge in [0.25, 0.3) is 0 Å². The molecule has 4 heteroatoms. The molecule has 0 saturated carbocycles. The van der Waals surface area contributed by atoms with Gasteiger partial charge in [-0.3, -0.25) is 4.79 Å². The molecule has 1 N–H and O–H groups in total. The number of carboxylic acids is 1. The third-order valence-electron chi connectivity index (χ3n) is 2.39. The normalized spacial score (nSPS) is 13.4. The molecule has 0 aliphatic rings. The minimum Gasteiger partial charge on any atom is -0.481 e. The maximum atomic E-state index is 11.1. The third-order valence-corrected chi connectivity index (χ3v) is 3.36. The molecule has 1 aromatic rings. The quantitative estimate of drug-likeness (QED) is 0.861. The molecule has 0 saturated heterocycles. The highest BCUT2D eigenvalue weighted by atomic mass is 32.1. The molecule has 0 bridgehead atoms. The number of aliphatic carboxylic acids is 1. The molecule has 3 nitrogen and oxygen atoms in total. The lowest BCUT2D eigenvalue weighted by molar-refractivity contribution is -0.139. The van der Waals surface area contributed by atoms with Gasteiger partial charge in [-0.15, -0.1) is 11.3 Å². The van der Waals surface area contributed by atoms with Gasteiger partial charge in [-0.05, 0) is 18.3 Å². The second kappa shape index (κ2) is 5.43. The molecule has 1 aromatic heterocycles. The van der Waals surface area contributed by atoms with E-state index < -0.39 is 11.9 Å². The van der Waals surface area contributed by atoms with Crippen LogP contribution < -0.4 is 0 Å². The van der Waals surface area contributed by atoms with E-state index in [4.69, 9.17) is 5.11 Å². The summed E-state index contributed by atoms with van der Waals surface area (Å²) in [5.74, 6) is -0.612. The van der Waals surface area contributed by atoms with Crippen molar-refractivity contribution in [2.45, 2.75) is 40.0 Å². The summed E-state index contributed by atoms with van der Waals surface area (Å²) in [6.45, 7) is 8.11. The second-order valence-electron chi connectivity index (χ2n) is 4.83. The van der Waals surface area contributed by atoms with Crippen molar-refractivity contribution in [2.24, 2.45) is 11.8 Å². The van der Waals surface area contributed by atoms with E-state index in [1.807, 2.05) is 19.2 Å². The summed E-state index contributed by atoms with van der Waals surface area (Å²) in [7, 11) is 0. The molecule has 90 valence electrons. The monoisotopic (exact) mass is 241 g/mol. The van der Waals surface area contributed by atoms with Gasteiger partial charge < -0.3 is 5.11 Å². The molecule has 0 fully saturated rings. The van der Waals surface area contributed by atoms with Crippen LogP contribution in [0.4, 0.5) is 0 Å². The van der Waals surface area contributed by atoms with Crippen LogP contribution in [0.1, 0.15) is 44.3 Å². The predicted molar refractivity (Wildman–Crippen MR) is 65.9 cm³/mol. The Morgan fingerprint density at radius 3 is 2.50 bits per heavy atom. The van der Waals surface area contributed by atoms with Gasteiger partial charge in [0.1, 0.15) is 10.9 Å². The van der Waals surface area contributed by atoms with Gasteiger partial charge in [-0.25, -0.2) is 4.98 Å². The number of nitrogens with zero attached hydrogens (tertiary/aromatic N) is 1. The fraction of sp³-hybridized carbons (Fsp3) is 0.667. The first kappa shape index (κ1) is 13.2. The van der Waals surface area contributed by atoms with E-state index in [2.05, 4.69) is 18.8 Å². The van der Waals surface area contributed by atoms with Crippen molar-refractivity contribution in [2.75, 3.05) is 0 Å². The number of thiazole rings is 1. The first-order valence-electron chi connectivity index (χ1n) is 5.59. The Bertz CT molecular complexity index is 358. The summed E-state index contributed by atoms with van der Waals surface area (Å²) in [5, 5.41) is 11.9. The van der Waals surface area contributed by atoms with Crippen molar-refractivity contribution < 1.29 is 9.90 Å². The fourth-order valence-corrected chi connectivity index (χ4v) is 2.75. The van der Waals surface area contributed by atoms with Crippen LogP contribution in [0.5, 0.6) is 0 Å². The molecule has 0 amide bonds. The third kappa shape index (κ3) is 3.30. The highest BCUT2D eigenvalue weighted by molar-refractivity contribution is 7.09. The fourth-order valence-electron chi connectivity index (χ4n) is 1.65. The van der Waals surface area contributed by atoms with Crippen molar-refractivity contribution in [3.63, 3.8) is 0 Å². The van der Waals surface area contributed by atoms with Crippen LogP contribution in [0.3, 0.4) is 0 Å². The number of aromatic nitrogens is 1. The van der Waals surface area contributed by atoms with Crippen LogP contribution in [-0.2, 0) is 11.2 Å². The van der Waals surface area contributed by atoms with E-state index >= 15 is 0 Å². The SMILES string of the molecule is CC(C)Cc1csc(C(C(=O)O)C(C)C)n1. The Kier molecular flexibility index (Phi) is 4.47. The Balaban J connectivity index is 2.86. The highest BCUT2D eigenvalue weighted by Crippen LogP contribution is 2.28. The highest BCUT2D eigenvalue weighted by Gasteiger charge is 2.26. The van der Waals surface area contributed by atoms with Crippen LogP contribution in [0.2, 0.25) is 0 Å². The number of rotatable bonds is 5. The predicted octanol–water partition coefficient (Wildman–Crippen LogP) is 3.17. The second-order valence-corrected chi connectivity index (χ2v) is 5.72. The molecule has 0 radical (unpaired) electrons. The summed E-state index contributed by atoms with van der Waals surface area (Å²) < 4.78 is 0. The zero-order valence-electron chi connectivity index (χ0n) is 10.2. The summed E-state index contributed by atoms with van der Waals surface area (Å²) >= 11 is 1.46. The molecule has 0 aliphatic heterocycles. The van der Waals surface area contributed by atoms with Crippen molar-refractivity contribution >= 4 is 17.3 Å². The molecular formula is C12H19NO2S. The summed E-state index contributed by atoms with van der Waals surface area (Å²) in [6, 6.07) is 0. The number of hydrogen-bond donors (Lipinski definition) is 1. The molecular weight excluding hydrogens is 222 g/mol. The lowest BCUT2D eigenvalue weighted by Gasteiger charge is -2.12. The smallest absolute Gasteiger partial charge is 0.313 e. The van der Waals surface area contributed by atoms with Crippen LogP contribution in [0.15, 0.2) is 5.38 Å². The Labute approximate surface area is 101 Å². The zero-order valence-corrected chi connectivity index (χ0v) is 11.0. The Morgan fingerprint density at radius 2 is 2.06 bits per heavy atom. The van der Waals surface area contributed by atoms with Gasteiger partial charge in [-0.1, -0.05) is 27.7 Å². The van der Waals surface area contributed by atoms with Crippen LogP contribution in [-0.4, -0.2) is 16.1 Å². The Morgan fingerprint density at radius 1 is 1.44 bits per heavy atom. The van der Waals surface area contributed by atoms with Crippen molar-refractivity contribution in [1.29, 1.82) is 0 Å². The summed E-state index contributed by atoms with van der Waals surface area (Å²) in [5.41, 5.74) is 1.02. The van der Waals surface area contributed by atoms with E-state index in [9.17, 15) is 4.79 Å². The summed E-state index contributed by atoms with van der Waals surface area (Å²) in [6.07, 6.45) is 0.918. The van der Waals surface area contributed by atoms with Gasteiger partial charge in [0.2, 0.25) is 0 Å². The summed E-state index contributed by atoms with van der Waals surface area (Å²) in [4.78, 5) is 15.6. The Hall–Kier alpha value is -0.900. The average Bonchev–Trinajstić information content (AvgIpc) is 2.50. The van der Waals surface area contributed by atoms with Gasteiger partial charge >= 0.3 is 5.97 Å². The van der Waals surface area contributed by atoms with Gasteiger partial charge in [0.05, 0.1) is 5.69 Å². The van der Waals surface area contributed by atoms with E-state index in [0.717, 1.165) is 17.1 Å². The minimum absolute atomic E-state index is 0.0792. The molecule has 1 atom stereocenters. The first-order valence-corrected chi connectivity index (χ1v) is 6.46. The van der Waals surface area contributed by atoms with Crippen molar-refractivity contribution in [1.82, 2.24) is 4.98 Å². The lowest BCUT2D eigenvalue weighted by Crippen LogP contribution is -2.17. The lowest BCUT2D eigenvalue weighted by atomic mass is 9.97. The van der Waals surface area contributed by atoms with Gasteiger partial charge in [0, 0.05) is 5.38 Å². The minimum atomic E-state index is -0.777. The number of carboxylic acid groups (broad SMARTS) is 1. The first-order chi connectivity index (χ1) is 7.41. The maximum absolute atomic E-state index is 11.1. The van der Waals surface area contributed by atoms with E-state index in [1.54, 1.807) is 0 Å². The van der Waals surface area contributed by atoms with E-state index in [-0.39, 0.29) is 5.92 Å². The molecule has 1 heterocycles. The number of carbonyl (C=O) groups is 1. The molecule has 0 aliphatic carbocycles. The van der Waals surface area contributed by atoms with Gasteiger partial charge in [0.15, 0.2) is 0 Å².